The third-order valence-corrected chi connectivity index (χ3v) is 3.03. The first kappa shape index (κ1) is 11.9. The van der Waals surface area contributed by atoms with E-state index in [1.54, 1.807) is 24.4 Å². The second-order valence-electron chi connectivity index (χ2n) is 3.10. The molecule has 4 nitrogen and oxygen atoms in total. The van der Waals surface area contributed by atoms with Crippen LogP contribution in [-0.4, -0.2) is 21.0 Å². The van der Waals surface area contributed by atoms with E-state index < -0.39 is 5.97 Å². The van der Waals surface area contributed by atoms with Crippen LogP contribution >= 0.6 is 23.4 Å². The zero-order chi connectivity index (χ0) is 12.3. The highest BCUT2D eigenvalue weighted by Gasteiger charge is 2.04. The van der Waals surface area contributed by atoms with Crippen molar-refractivity contribution in [1.29, 1.82) is 0 Å². The number of hydrogen-bond acceptors (Lipinski definition) is 4. The number of aromatic carboxylic acids is 1. The Kier molecular flexibility index (Phi) is 3.61. The summed E-state index contributed by atoms with van der Waals surface area (Å²) in [5.41, 5.74) is 0.0263. The molecule has 0 unspecified atom stereocenters. The van der Waals surface area contributed by atoms with Gasteiger partial charge in [-0.25, -0.2) is 14.8 Å². The zero-order valence-corrected chi connectivity index (χ0v) is 10.1. The second kappa shape index (κ2) is 5.16. The molecule has 2 heterocycles. The van der Waals surface area contributed by atoms with Gasteiger partial charge in [-0.3, -0.25) is 0 Å². The lowest BCUT2D eigenvalue weighted by molar-refractivity contribution is 0.0690. The monoisotopic (exact) mass is 266 g/mol. The lowest BCUT2D eigenvalue weighted by atomic mass is 10.4. The third kappa shape index (κ3) is 3.18. The number of rotatable bonds is 3. The predicted molar refractivity (Wildman–Crippen MR) is 64.6 cm³/mol. The van der Waals surface area contributed by atoms with E-state index in [0.717, 1.165) is 9.92 Å². The van der Waals surface area contributed by atoms with Crippen molar-refractivity contribution >= 4 is 29.3 Å². The largest absolute Gasteiger partial charge is 0.477 e. The Balaban J connectivity index is 2.13. The van der Waals surface area contributed by atoms with Gasteiger partial charge in [-0.05, 0) is 24.3 Å². The van der Waals surface area contributed by atoms with Gasteiger partial charge >= 0.3 is 5.97 Å². The highest BCUT2D eigenvalue weighted by molar-refractivity contribution is 7.99. The molecule has 17 heavy (non-hydrogen) atoms. The molecule has 0 aliphatic rings. The number of carboxylic acids is 1. The van der Waals surface area contributed by atoms with Gasteiger partial charge in [0.15, 0.2) is 0 Å². The predicted octanol–water partition coefficient (Wildman–Crippen LogP) is 2.98. The van der Waals surface area contributed by atoms with Gasteiger partial charge in [0.1, 0.15) is 10.7 Å². The van der Waals surface area contributed by atoms with Crippen LogP contribution in [0.15, 0.2) is 46.6 Å². The van der Waals surface area contributed by atoms with E-state index >= 15 is 0 Å². The van der Waals surface area contributed by atoms with Crippen LogP contribution in [0, 0.1) is 0 Å². The molecule has 2 aromatic heterocycles. The van der Waals surface area contributed by atoms with Gasteiger partial charge < -0.3 is 5.11 Å². The fraction of sp³-hybridized carbons (Fsp3) is 0. The number of carbonyl (C=O) groups is 1. The minimum absolute atomic E-state index is 0.0263. The van der Waals surface area contributed by atoms with Crippen molar-refractivity contribution in [1.82, 2.24) is 9.97 Å². The molecule has 2 aromatic rings. The second-order valence-corrected chi connectivity index (χ2v) is 4.63. The van der Waals surface area contributed by atoms with Crippen molar-refractivity contribution in [2.45, 2.75) is 9.92 Å². The zero-order valence-electron chi connectivity index (χ0n) is 8.50. The first-order chi connectivity index (χ1) is 8.15. The number of halogens is 1. The lowest BCUT2D eigenvalue weighted by Crippen LogP contribution is -1.98. The molecule has 6 heteroatoms. The maximum absolute atomic E-state index is 10.6. The Labute approximate surface area is 107 Å². The molecule has 0 fully saturated rings. The van der Waals surface area contributed by atoms with E-state index in [2.05, 4.69) is 9.97 Å². The lowest BCUT2D eigenvalue weighted by Gasteiger charge is -2.00. The highest BCUT2D eigenvalue weighted by atomic mass is 35.5. The third-order valence-electron chi connectivity index (χ3n) is 1.88. The Hall–Kier alpha value is -1.59. The molecule has 0 atom stereocenters. The summed E-state index contributed by atoms with van der Waals surface area (Å²) in [5, 5.41) is 10.1. The van der Waals surface area contributed by atoms with E-state index in [9.17, 15) is 4.79 Å². The van der Waals surface area contributed by atoms with Crippen LogP contribution in [0.25, 0.3) is 0 Å². The molecule has 0 saturated heterocycles. The standard InChI is InChI=1S/C11H7ClN2O2S/c12-7-1-4-10(14-5-7)17-8-2-3-9(11(15)16)13-6-8/h1-6H,(H,15,16). The molecule has 86 valence electrons. The maximum atomic E-state index is 10.6. The highest BCUT2D eigenvalue weighted by Crippen LogP contribution is 2.25. The minimum Gasteiger partial charge on any atom is -0.477 e. The van der Waals surface area contributed by atoms with Crippen LogP contribution in [0.1, 0.15) is 10.5 Å². The van der Waals surface area contributed by atoms with E-state index in [-0.39, 0.29) is 5.69 Å². The van der Waals surface area contributed by atoms with E-state index in [0.29, 0.717) is 5.02 Å². The number of hydrogen-bond donors (Lipinski definition) is 1. The average molecular weight is 267 g/mol. The van der Waals surface area contributed by atoms with Gasteiger partial charge in [-0.2, -0.15) is 0 Å². The molecule has 0 aliphatic heterocycles. The van der Waals surface area contributed by atoms with Crippen molar-refractivity contribution in [3.05, 3.63) is 47.4 Å². The summed E-state index contributed by atoms with van der Waals surface area (Å²) in [7, 11) is 0. The molecule has 0 saturated carbocycles. The smallest absolute Gasteiger partial charge is 0.354 e. The number of pyridine rings is 2. The van der Waals surface area contributed by atoms with E-state index in [1.807, 2.05) is 0 Å². The van der Waals surface area contributed by atoms with Crippen molar-refractivity contribution in [2.24, 2.45) is 0 Å². The van der Waals surface area contributed by atoms with Crippen LogP contribution in [0.3, 0.4) is 0 Å². The Bertz CT molecular complexity index is 528. The summed E-state index contributed by atoms with van der Waals surface area (Å²) in [6, 6.07) is 6.69. The molecule has 0 aromatic carbocycles. The minimum atomic E-state index is -1.04. The summed E-state index contributed by atoms with van der Waals surface area (Å²) in [6.07, 6.45) is 3.06. The Morgan fingerprint density at radius 1 is 1.18 bits per heavy atom. The fourth-order valence-corrected chi connectivity index (χ4v) is 1.95. The SMILES string of the molecule is O=C(O)c1ccc(Sc2ccc(Cl)cn2)cn1. The fourth-order valence-electron chi connectivity index (χ4n) is 1.11. The van der Waals surface area contributed by atoms with Crippen LogP contribution < -0.4 is 0 Å². The van der Waals surface area contributed by atoms with Gasteiger partial charge in [0.05, 0.1) is 5.02 Å². The first-order valence-corrected chi connectivity index (χ1v) is 5.83. The molecule has 0 spiro atoms. The summed E-state index contributed by atoms with van der Waals surface area (Å²) >= 11 is 7.11. The van der Waals surface area contributed by atoms with Gasteiger partial charge in [-0.1, -0.05) is 23.4 Å². The number of carboxylic acid groups (broad SMARTS) is 1. The topological polar surface area (TPSA) is 63.1 Å². The summed E-state index contributed by atoms with van der Waals surface area (Å²) in [4.78, 5) is 19.4. The van der Waals surface area contributed by atoms with Gasteiger partial charge in [0.25, 0.3) is 0 Å². The number of aromatic nitrogens is 2. The molecule has 1 N–H and O–H groups in total. The van der Waals surface area contributed by atoms with Crippen LogP contribution in [-0.2, 0) is 0 Å². The van der Waals surface area contributed by atoms with Gasteiger partial charge in [0, 0.05) is 17.3 Å². The number of nitrogens with zero attached hydrogens (tertiary/aromatic N) is 2. The van der Waals surface area contributed by atoms with E-state index in [4.69, 9.17) is 16.7 Å². The molecular formula is C11H7ClN2O2S. The summed E-state index contributed by atoms with van der Waals surface area (Å²) in [6.45, 7) is 0. The van der Waals surface area contributed by atoms with Crippen LogP contribution in [0.2, 0.25) is 5.02 Å². The van der Waals surface area contributed by atoms with Gasteiger partial charge in [-0.15, -0.1) is 0 Å². The Morgan fingerprint density at radius 3 is 2.53 bits per heavy atom. The van der Waals surface area contributed by atoms with Crippen LogP contribution in [0.4, 0.5) is 0 Å². The van der Waals surface area contributed by atoms with Gasteiger partial charge in [0.2, 0.25) is 0 Å². The molecule has 0 bridgehead atoms. The van der Waals surface area contributed by atoms with Crippen LogP contribution in [0.5, 0.6) is 0 Å². The average Bonchev–Trinajstić information content (AvgIpc) is 2.33. The van der Waals surface area contributed by atoms with Crippen molar-refractivity contribution < 1.29 is 9.90 Å². The maximum Gasteiger partial charge on any atom is 0.354 e. The molecule has 0 radical (unpaired) electrons. The summed E-state index contributed by atoms with van der Waals surface area (Å²) in [5.74, 6) is -1.04. The molecule has 2 rings (SSSR count). The van der Waals surface area contributed by atoms with E-state index in [1.165, 1.54) is 24.0 Å². The first-order valence-electron chi connectivity index (χ1n) is 4.64. The molecule has 0 aliphatic carbocycles. The molecule has 0 amide bonds. The van der Waals surface area contributed by atoms with Crippen molar-refractivity contribution in [2.75, 3.05) is 0 Å². The molecular weight excluding hydrogens is 260 g/mol. The summed E-state index contributed by atoms with van der Waals surface area (Å²) < 4.78 is 0. The van der Waals surface area contributed by atoms with Crippen molar-refractivity contribution in [3.63, 3.8) is 0 Å². The van der Waals surface area contributed by atoms with Crippen molar-refractivity contribution in [3.8, 4) is 0 Å². The quantitative estimate of drug-likeness (QED) is 0.925. The Morgan fingerprint density at radius 2 is 2.00 bits per heavy atom. The normalized spacial score (nSPS) is 10.2.